The number of phenolic OH excluding ortho intramolecular Hbond substituents is 1. The van der Waals surface area contributed by atoms with Gasteiger partial charge in [0.25, 0.3) is 0 Å². The summed E-state index contributed by atoms with van der Waals surface area (Å²) in [6.45, 7) is 3.76. The van der Waals surface area contributed by atoms with Crippen LogP contribution in [0.5, 0.6) is 5.75 Å². The second-order valence-electron chi connectivity index (χ2n) is 4.91. The summed E-state index contributed by atoms with van der Waals surface area (Å²) < 4.78 is 13.7. The summed E-state index contributed by atoms with van der Waals surface area (Å²) in [7, 11) is 0. The molecule has 1 fully saturated rings. The molecular formula is C15H17FN2OS. The summed E-state index contributed by atoms with van der Waals surface area (Å²) in [5.74, 6) is -0.849. The Balaban J connectivity index is 1.98. The van der Waals surface area contributed by atoms with E-state index in [0.717, 1.165) is 31.7 Å². The van der Waals surface area contributed by atoms with Crippen LogP contribution in [0.3, 0.4) is 0 Å². The van der Waals surface area contributed by atoms with Gasteiger partial charge in [-0.15, -0.1) is 11.3 Å². The number of halogens is 1. The molecule has 106 valence electrons. The lowest BCUT2D eigenvalue weighted by atomic mass is 10.0. The first-order valence-electron chi connectivity index (χ1n) is 6.72. The van der Waals surface area contributed by atoms with Crippen LogP contribution < -0.4 is 5.32 Å². The number of rotatable bonds is 3. The molecular weight excluding hydrogens is 275 g/mol. The first-order valence-corrected chi connectivity index (χ1v) is 7.60. The second-order valence-corrected chi connectivity index (χ2v) is 5.89. The van der Waals surface area contributed by atoms with Crippen LogP contribution in [0.2, 0.25) is 0 Å². The average Bonchev–Trinajstić information content (AvgIpc) is 2.98. The predicted octanol–water partition coefficient (Wildman–Crippen LogP) is 2.59. The maximum absolute atomic E-state index is 13.7. The number of nitrogens with zero attached hydrogens (tertiary/aromatic N) is 1. The Morgan fingerprint density at radius 2 is 2.05 bits per heavy atom. The van der Waals surface area contributed by atoms with Crippen molar-refractivity contribution in [3.8, 4) is 5.75 Å². The Morgan fingerprint density at radius 3 is 2.70 bits per heavy atom. The highest BCUT2D eigenvalue weighted by atomic mass is 32.1. The van der Waals surface area contributed by atoms with Crippen LogP contribution in [-0.2, 0) is 0 Å². The standard InChI is InChI=1S/C15H17FN2OS/c16-12-10-11(3-4-13(12)19)15(14-2-1-9-20-14)18-7-5-17-6-8-18/h1-4,9-10,15,17,19H,5-8H2/t15-/m1/s1. The number of benzene rings is 1. The summed E-state index contributed by atoms with van der Waals surface area (Å²) in [6, 6.07) is 8.86. The number of hydrogen-bond acceptors (Lipinski definition) is 4. The number of aromatic hydroxyl groups is 1. The Bertz CT molecular complexity index is 567. The molecule has 1 saturated heterocycles. The predicted molar refractivity (Wildman–Crippen MR) is 78.7 cm³/mol. The molecule has 0 radical (unpaired) electrons. The number of piperazine rings is 1. The van der Waals surface area contributed by atoms with E-state index in [0.29, 0.717) is 0 Å². The fourth-order valence-corrected chi connectivity index (χ4v) is 3.52. The quantitative estimate of drug-likeness (QED) is 0.913. The van der Waals surface area contributed by atoms with Crippen LogP contribution in [0.25, 0.3) is 0 Å². The fraction of sp³-hybridized carbons (Fsp3) is 0.333. The van der Waals surface area contributed by atoms with Crippen molar-refractivity contribution in [1.82, 2.24) is 10.2 Å². The first-order chi connectivity index (χ1) is 9.75. The topological polar surface area (TPSA) is 35.5 Å². The molecule has 3 nitrogen and oxygen atoms in total. The molecule has 20 heavy (non-hydrogen) atoms. The van der Waals surface area contributed by atoms with Gasteiger partial charge in [-0.1, -0.05) is 12.1 Å². The smallest absolute Gasteiger partial charge is 0.165 e. The van der Waals surface area contributed by atoms with Gasteiger partial charge in [0, 0.05) is 31.1 Å². The van der Waals surface area contributed by atoms with Crippen LogP contribution in [0.4, 0.5) is 4.39 Å². The summed E-state index contributed by atoms with van der Waals surface area (Å²) in [6.07, 6.45) is 0. The zero-order valence-electron chi connectivity index (χ0n) is 11.1. The molecule has 1 aliphatic rings. The van der Waals surface area contributed by atoms with Gasteiger partial charge in [0.15, 0.2) is 11.6 Å². The van der Waals surface area contributed by atoms with Gasteiger partial charge in [-0.25, -0.2) is 4.39 Å². The third kappa shape index (κ3) is 2.70. The minimum Gasteiger partial charge on any atom is -0.505 e. The third-order valence-electron chi connectivity index (χ3n) is 3.62. The molecule has 0 unspecified atom stereocenters. The van der Waals surface area contributed by atoms with E-state index < -0.39 is 5.82 Å². The van der Waals surface area contributed by atoms with Gasteiger partial charge in [0.05, 0.1) is 6.04 Å². The second kappa shape index (κ2) is 5.91. The van der Waals surface area contributed by atoms with Gasteiger partial charge in [0.2, 0.25) is 0 Å². The maximum atomic E-state index is 13.7. The van der Waals surface area contributed by atoms with Crippen molar-refractivity contribution >= 4 is 11.3 Å². The Labute approximate surface area is 121 Å². The molecule has 0 saturated carbocycles. The highest BCUT2D eigenvalue weighted by Gasteiger charge is 2.25. The van der Waals surface area contributed by atoms with Gasteiger partial charge in [-0.2, -0.15) is 0 Å². The largest absolute Gasteiger partial charge is 0.505 e. The monoisotopic (exact) mass is 292 g/mol. The third-order valence-corrected chi connectivity index (χ3v) is 4.54. The van der Waals surface area contributed by atoms with E-state index in [2.05, 4.69) is 16.3 Å². The number of thiophene rings is 1. The molecule has 0 amide bonds. The Kier molecular flexibility index (Phi) is 4.00. The minimum absolute atomic E-state index is 0.0622. The summed E-state index contributed by atoms with van der Waals surface area (Å²) in [5, 5.41) is 14.7. The molecule has 5 heteroatoms. The van der Waals surface area contributed by atoms with Crippen molar-refractivity contribution in [2.45, 2.75) is 6.04 Å². The summed E-state index contributed by atoms with van der Waals surface area (Å²) in [5.41, 5.74) is 0.893. The molecule has 1 aromatic heterocycles. The van der Waals surface area contributed by atoms with Crippen LogP contribution in [0.1, 0.15) is 16.5 Å². The molecule has 0 bridgehead atoms. The number of nitrogens with one attached hydrogen (secondary N) is 1. The molecule has 2 N–H and O–H groups in total. The number of hydrogen-bond donors (Lipinski definition) is 2. The average molecular weight is 292 g/mol. The van der Waals surface area contributed by atoms with Crippen molar-refractivity contribution in [3.05, 3.63) is 52.0 Å². The van der Waals surface area contributed by atoms with Crippen molar-refractivity contribution in [3.63, 3.8) is 0 Å². The number of phenols is 1. The highest BCUT2D eigenvalue weighted by Crippen LogP contribution is 2.33. The molecule has 1 atom stereocenters. The lowest BCUT2D eigenvalue weighted by Gasteiger charge is -2.34. The molecule has 2 heterocycles. The van der Waals surface area contributed by atoms with Gasteiger partial charge in [-0.05, 0) is 29.1 Å². The van der Waals surface area contributed by atoms with E-state index in [1.54, 1.807) is 11.3 Å². The zero-order chi connectivity index (χ0) is 13.9. The van der Waals surface area contributed by atoms with Gasteiger partial charge in [0.1, 0.15) is 0 Å². The van der Waals surface area contributed by atoms with Gasteiger partial charge in [-0.3, -0.25) is 4.90 Å². The van der Waals surface area contributed by atoms with Crippen LogP contribution in [-0.4, -0.2) is 36.2 Å². The van der Waals surface area contributed by atoms with Crippen LogP contribution in [0, 0.1) is 5.82 Å². The fourth-order valence-electron chi connectivity index (χ4n) is 2.64. The van der Waals surface area contributed by atoms with Gasteiger partial charge >= 0.3 is 0 Å². The van der Waals surface area contributed by atoms with E-state index in [-0.39, 0.29) is 11.8 Å². The lowest BCUT2D eigenvalue weighted by Crippen LogP contribution is -2.45. The highest BCUT2D eigenvalue weighted by molar-refractivity contribution is 7.10. The molecule has 0 spiro atoms. The summed E-state index contributed by atoms with van der Waals surface area (Å²) >= 11 is 1.68. The van der Waals surface area contributed by atoms with Crippen molar-refractivity contribution in [1.29, 1.82) is 0 Å². The first kappa shape index (κ1) is 13.5. The van der Waals surface area contributed by atoms with Crippen molar-refractivity contribution < 1.29 is 9.50 Å². The molecule has 1 aliphatic heterocycles. The zero-order valence-corrected chi connectivity index (χ0v) is 11.9. The van der Waals surface area contributed by atoms with Crippen LogP contribution >= 0.6 is 11.3 Å². The van der Waals surface area contributed by atoms with E-state index in [1.165, 1.54) is 17.0 Å². The van der Waals surface area contributed by atoms with Gasteiger partial charge < -0.3 is 10.4 Å². The maximum Gasteiger partial charge on any atom is 0.165 e. The van der Waals surface area contributed by atoms with E-state index in [1.807, 2.05) is 17.5 Å². The van der Waals surface area contributed by atoms with Crippen molar-refractivity contribution in [2.24, 2.45) is 0 Å². The molecule has 2 aromatic rings. The molecule has 0 aliphatic carbocycles. The van der Waals surface area contributed by atoms with E-state index in [4.69, 9.17) is 0 Å². The minimum atomic E-state index is -0.556. The van der Waals surface area contributed by atoms with Crippen LogP contribution in [0.15, 0.2) is 35.7 Å². The Hall–Kier alpha value is -1.43. The summed E-state index contributed by atoms with van der Waals surface area (Å²) in [4.78, 5) is 3.56. The van der Waals surface area contributed by atoms with E-state index >= 15 is 0 Å². The lowest BCUT2D eigenvalue weighted by molar-refractivity contribution is 0.200. The van der Waals surface area contributed by atoms with Crippen molar-refractivity contribution in [2.75, 3.05) is 26.2 Å². The SMILES string of the molecule is Oc1ccc([C@H](c2cccs2)N2CCNCC2)cc1F. The Morgan fingerprint density at radius 1 is 1.25 bits per heavy atom. The normalized spacial score (nSPS) is 18.1. The molecule has 1 aromatic carbocycles. The molecule has 3 rings (SSSR count). The van der Waals surface area contributed by atoms with E-state index in [9.17, 15) is 9.50 Å².